The molecule has 0 spiro atoms. The number of aliphatic hydroxyl groups is 1. The summed E-state index contributed by atoms with van der Waals surface area (Å²) in [5, 5.41) is 12.8. The molecule has 0 amide bonds. The fraction of sp³-hybridized carbons (Fsp3) is 0.444. The van der Waals surface area contributed by atoms with Crippen molar-refractivity contribution in [2.24, 2.45) is 0 Å². The quantitative estimate of drug-likeness (QED) is 0.858. The molecule has 2 heterocycles. The van der Waals surface area contributed by atoms with Crippen LogP contribution < -0.4 is 0 Å². The summed E-state index contributed by atoms with van der Waals surface area (Å²) in [4.78, 5) is 2.39. The van der Waals surface area contributed by atoms with Crippen molar-refractivity contribution in [2.75, 3.05) is 7.05 Å². The molecule has 4 atom stereocenters. The van der Waals surface area contributed by atoms with E-state index in [0.29, 0.717) is 18.0 Å². The third-order valence-corrected chi connectivity index (χ3v) is 5.38. The van der Waals surface area contributed by atoms with Crippen LogP contribution in [0.5, 0.6) is 0 Å². The summed E-state index contributed by atoms with van der Waals surface area (Å²) in [6.45, 7) is 0. The van der Waals surface area contributed by atoms with E-state index >= 15 is 0 Å². The molecule has 20 heavy (non-hydrogen) atoms. The predicted molar refractivity (Wildman–Crippen MR) is 81.9 cm³/mol. The second kappa shape index (κ2) is 4.57. The van der Waals surface area contributed by atoms with Gasteiger partial charge in [0.25, 0.3) is 0 Å². The van der Waals surface area contributed by atoms with E-state index in [1.165, 1.54) is 22.8 Å². The number of hydrogen-bond acceptors (Lipinski definition) is 2. The van der Waals surface area contributed by atoms with Gasteiger partial charge in [0.1, 0.15) is 0 Å². The first-order valence-electron chi connectivity index (χ1n) is 7.61. The normalized spacial score (nSPS) is 33.7. The van der Waals surface area contributed by atoms with Crippen molar-refractivity contribution in [2.45, 2.75) is 43.4 Å². The Hall–Kier alpha value is -1.38. The number of fused-ring (bicyclic) bond motifs is 3. The Morgan fingerprint density at radius 3 is 2.60 bits per heavy atom. The molecule has 4 rings (SSSR count). The van der Waals surface area contributed by atoms with Gasteiger partial charge in [-0.05, 0) is 48.6 Å². The van der Waals surface area contributed by atoms with Gasteiger partial charge in [0.2, 0.25) is 0 Å². The van der Waals surface area contributed by atoms with E-state index in [9.17, 15) is 5.11 Å². The average molecular weight is 267 g/mol. The molecule has 2 bridgehead atoms. The minimum Gasteiger partial charge on any atom is -0.391 e. The zero-order chi connectivity index (χ0) is 13.7. The van der Waals surface area contributed by atoms with Crippen LogP contribution in [0.2, 0.25) is 0 Å². The molecule has 1 N–H and O–H groups in total. The lowest BCUT2D eigenvalue weighted by Crippen LogP contribution is -2.41. The number of hydrogen-bond donors (Lipinski definition) is 1. The highest BCUT2D eigenvalue weighted by Gasteiger charge is 2.44. The Morgan fingerprint density at radius 2 is 1.80 bits per heavy atom. The first-order chi connectivity index (χ1) is 9.72. The number of nitrogens with zero attached hydrogens (tertiary/aromatic N) is 1. The summed E-state index contributed by atoms with van der Waals surface area (Å²) >= 11 is 0. The third-order valence-electron chi connectivity index (χ3n) is 5.38. The van der Waals surface area contributed by atoms with Crippen molar-refractivity contribution in [1.29, 1.82) is 0 Å². The van der Waals surface area contributed by atoms with Crippen LogP contribution in [0, 0.1) is 0 Å². The minimum absolute atomic E-state index is 0.129. The van der Waals surface area contributed by atoms with Crippen molar-refractivity contribution in [3.63, 3.8) is 0 Å². The molecule has 0 saturated carbocycles. The Labute approximate surface area is 120 Å². The number of piperidine rings is 1. The highest BCUT2D eigenvalue weighted by Crippen LogP contribution is 2.42. The Morgan fingerprint density at radius 1 is 1.00 bits per heavy atom. The number of aliphatic hydroxyl groups excluding tert-OH is 1. The van der Waals surface area contributed by atoms with Crippen LogP contribution in [0.1, 0.15) is 30.7 Å². The van der Waals surface area contributed by atoms with Crippen molar-refractivity contribution in [3.8, 4) is 0 Å². The Bertz CT molecular complexity index is 638. The Balaban J connectivity index is 1.67. The highest BCUT2D eigenvalue weighted by atomic mass is 16.3. The van der Waals surface area contributed by atoms with Gasteiger partial charge >= 0.3 is 0 Å². The molecular weight excluding hydrogens is 246 g/mol. The van der Waals surface area contributed by atoms with Crippen molar-refractivity contribution < 1.29 is 5.11 Å². The molecule has 0 aliphatic carbocycles. The topological polar surface area (TPSA) is 23.5 Å². The highest BCUT2D eigenvalue weighted by molar-refractivity contribution is 5.83. The van der Waals surface area contributed by atoms with Gasteiger partial charge < -0.3 is 5.11 Å². The molecule has 2 aromatic rings. The number of rotatable bonds is 1. The van der Waals surface area contributed by atoms with Crippen LogP contribution in [-0.2, 0) is 0 Å². The van der Waals surface area contributed by atoms with Gasteiger partial charge in [0.05, 0.1) is 6.10 Å². The van der Waals surface area contributed by atoms with E-state index in [-0.39, 0.29) is 6.10 Å². The zero-order valence-electron chi connectivity index (χ0n) is 11.9. The van der Waals surface area contributed by atoms with Crippen LogP contribution in [0.3, 0.4) is 0 Å². The molecule has 0 radical (unpaired) electrons. The molecule has 2 aromatic carbocycles. The van der Waals surface area contributed by atoms with Crippen LogP contribution in [-0.4, -0.2) is 35.2 Å². The molecule has 2 saturated heterocycles. The first kappa shape index (κ1) is 12.4. The van der Waals surface area contributed by atoms with Crippen molar-refractivity contribution in [1.82, 2.24) is 4.90 Å². The maximum absolute atomic E-state index is 10.2. The monoisotopic (exact) mass is 267 g/mol. The van der Waals surface area contributed by atoms with Gasteiger partial charge in [-0.1, -0.05) is 42.5 Å². The lowest BCUT2D eigenvalue weighted by molar-refractivity contribution is 0.0949. The molecule has 2 nitrogen and oxygen atoms in total. The van der Waals surface area contributed by atoms with E-state index in [4.69, 9.17) is 0 Å². The molecular formula is C18H21NO. The number of likely N-dealkylation sites (N-methyl/N-ethyl adjacent to an activating group) is 1. The molecule has 0 unspecified atom stereocenters. The summed E-state index contributed by atoms with van der Waals surface area (Å²) < 4.78 is 0. The standard InChI is InChI=1S/C18H21NO/c1-19-16-9-15(10-17(19)18(20)11-16)14-7-6-12-4-2-3-5-13(12)8-14/h2-8,15-18,20H,9-11H2,1H3/t15-,16+,17+,18+/m0/s1. The SMILES string of the molecule is CN1[C@@H]2C[C@H](c3ccc4ccccc4c3)C[C@@H]1[C@H](O)C2. The number of benzene rings is 2. The molecule has 2 heteroatoms. The fourth-order valence-corrected chi connectivity index (χ4v) is 4.18. The minimum atomic E-state index is -0.129. The lowest BCUT2D eigenvalue weighted by Gasteiger charge is -2.36. The van der Waals surface area contributed by atoms with E-state index in [0.717, 1.165) is 12.8 Å². The van der Waals surface area contributed by atoms with Crippen molar-refractivity contribution in [3.05, 3.63) is 48.0 Å². The predicted octanol–water partition coefficient (Wildman–Crippen LogP) is 3.15. The van der Waals surface area contributed by atoms with E-state index < -0.39 is 0 Å². The Kier molecular flexibility index (Phi) is 2.83. The van der Waals surface area contributed by atoms with Crippen LogP contribution >= 0.6 is 0 Å². The summed E-state index contributed by atoms with van der Waals surface area (Å²) in [7, 11) is 2.17. The molecule has 104 valence electrons. The smallest absolute Gasteiger partial charge is 0.0710 e. The van der Waals surface area contributed by atoms with Gasteiger partial charge in [-0.2, -0.15) is 0 Å². The summed E-state index contributed by atoms with van der Waals surface area (Å²) in [6, 6.07) is 16.3. The summed E-state index contributed by atoms with van der Waals surface area (Å²) in [6.07, 6.45) is 3.09. The lowest BCUT2D eigenvalue weighted by atomic mass is 9.84. The largest absolute Gasteiger partial charge is 0.391 e. The summed E-state index contributed by atoms with van der Waals surface area (Å²) in [5.74, 6) is 0.600. The van der Waals surface area contributed by atoms with Gasteiger partial charge in [0, 0.05) is 12.1 Å². The van der Waals surface area contributed by atoms with Gasteiger partial charge in [-0.25, -0.2) is 0 Å². The van der Waals surface area contributed by atoms with Crippen LogP contribution in [0.4, 0.5) is 0 Å². The van der Waals surface area contributed by atoms with Crippen LogP contribution in [0.25, 0.3) is 10.8 Å². The maximum atomic E-state index is 10.2. The van der Waals surface area contributed by atoms with Gasteiger partial charge in [0.15, 0.2) is 0 Å². The third kappa shape index (κ3) is 1.87. The van der Waals surface area contributed by atoms with E-state index in [1.54, 1.807) is 0 Å². The first-order valence-corrected chi connectivity index (χ1v) is 7.61. The van der Waals surface area contributed by atoms with E-state index in [2.05, 4.69) is 54.4 Å². The van der Waals surface area contributed by atoms with Gasteiger partial charge in [-0.15, -0.1) is 0 Å². The molecule has 2 aliphatic rings. The molecule has 2 aliphatic heterocycles. The average Bonchev–Trinajstić information content (AvgIpc) is 2.64. The molecule has 0 aromatic heterocycles. The second-order valence-electron chi connectivity index (χ2n) is 6.46. The van der Waals surface area contributed by atoms with Crippen molar-refractivity contribution >= 4 is 10.8 Å². The van der Waals surface area contributed by atoms with Crippen LogP contribution in [0.15, 0.2) is 42.5 Å². The fourth-order valence-electron chi connectivity index (χ4n) is 4.18. The molecule has 2 fully saturated rings. The zero-order valence-corrected chi connectivity index (χ0v) is 11.9. The van der Waals surface area contributed by atoms with Gasteiger partial charge in [-0.3, -0.25) is 4.90 Å². The summed E-state index contributed by atoms with van der Waals surface area (Å²) in [5.41, 5.74) is 1.45. The van der Waals surface area contributed by atoms with E-state index in [1.807, 2.05) is 0 Å². The second-order valence-corrected chi connectivity index (χ2v) is 6.46. The maximum Gasteiger partial charge on any atom is 0.0710 e.